The fourth-order valence-corrected chi connectivity index (χ4v) is 5.04. The molecule has 1 aliphatic heterocycles. The molecule has 5 nitrogen and oxygen atoms in total. The van der Waals surface area contributed by atoms with E-state index in [0.717, 1.165) is 18.7 Å². The van der Waals surface area contributed by atoms with Crippen molar-refractivity contribution in [2.45, 2.75) is 13.0 Å². The Morgan fingerprint density at radius 1 is 0.718 bits per heavy atom. The highest BCUT2D eigenvalue weighted by Crippen LogP contribution is 2.30. The molecule has 0 saturated carbocycles. The van der Waals surface area contributed by atoms with Crippen molar-refractivity contribution in [1.29, 1.82) is 0 Å². The number of anilines is 1. The van der Waals surface area contributed by atoms with Gasteiger partial charge >= 0.3 is 0 Å². The van der Waals surface area contributed by atoms with Crippen LogP contribution in [0, 0.1) is 6.92 Å². The van der Waals surface area contributed by atoms with E-state index < -0.39 is 0 Å². The van der Waals surface area contributed by atoms with Crippen molar-refractivity contribution < 1.29 is 9.59 Å². The highest BCUT2D eigenvalue weighted by atomic mass is 16.2. The Hall–Kier alpha value is -4.48. The molecule has 5 heteroatoms. The van der Waals surface area contributed by atoms with Crippen LogP contribution in [0.4, 0.5) is 5.69 Å². The third kappa shape index (κ3) is 6.51. The van der Waals surface area contributed by atoms with Gasteiger partial charge in [0.05, 0.1) is 17.3 Å². The molecule has 0 aromatic heterocycles. The van der Waals surface area contributed by atoms with Crippen molar-refractivity contribution in [3.63, 3.8) is 0 Å². The first-order chi connectivity index (χ1) is 19.1. The van der Waals surface area contributed by atoms with Crippen LogP contribution in [0.3, 0.4) is 0 Å². The second-order valence-corrected chi connectivity index (χ2v) is 9.83. The fourth-order valence-electron chi connectivity index (χ4n) is 5.04. The molecular formula is C34H33N3O2. The number of benzene rings is 4. The third-order valence-corrected chi connectivity index (χ3v) is 7.12. The average molecular weight is 516 g/mol. The molecule has 0 atom stereocenters. The zero-order valence-electron chi connectivity index (χ0n) is 22.2. The Kier molecular flexibility index (Phi) is 8.29. The Labute approximate surface area is 230 Å². The van der Waals surface area contributed by atoms with Crippen molar-refractivity contribution in [2.24, 2.45) is 0 Å². The van der Waals surface area contributed by atoms with E-state index >= 15 is 0 Å². The van der Waals surface area contributed by atoms with Crippen molar-refractivity contribution >= 4 is 23.6 Å². The summed E-state index contributed by atoms with van der Waals surface area (Å²) in [5.74, 6) is -0.335. The molecule has 1 saturated heterocycles. The number of carbonyl (C=O) groups is 2. The van der Waals surface area contributed by atoms with Crippen LogP contribution < -0.4 is 5.32 Å². The molecule has 4 aromatic carbocycles. The summed E-state index contributed by atoms with van der Waals surface area (Å²) in [7, 11) is 0. The Morgan fingerprint density at radius 3 is 1.90 bits per heavy atom. The summed E-state index contributed by atoms with van der Waals surface area (Å²) < 4.78 is 0. The second-order valence-electron chi connectivity index (χ2n) is 9.83. The molecule has 0 bridgehead atoms. The molecule has 2 amide bonds. The number of hydrogen-bond donors (Lipinski definition) is 1. The highest BCUT2D eigenvalue weighted by molar-refractivity contribution is 6.07. The van der Waals surface area contributed by atoms with Crippen LogP contribution in [0.15, 0.2) is 115 Å². The zero-order valence-corrected chi connectivity index (χ0v) is 22.2. The number of amides is 2. The summed E-state index contributed by atoms with van der Waals surface area (Å²) in [6, 6.07) is 36.4. The van der Waals surface area contributed by atoms with Crippen LogP contribution >= 0.6 is 0 Å². The highest BCUT2D eigenvalue weighted by Gasteiger charge is 2.29. The SMILES string of the molecule is Cc1ccc(/C=C/C(=O)Nc2ccccc2C(=O)N2CCN(C(c3ccccc3)c3ccccc3)CC2)cc1. The van der Waals surface area contributed by atoms with Gasteiger partial charge in [-0.15, -0.1) is 0 Å². The van der Waals surface area contributed by atoms with Crippen molar-refractivity contribution in [3.8, 4) is 0 Å². The van der Waals surface area contributed by atoms with Gasteiger partial charge in [-0.3, -0.25) is 14.5 Å². The van der Waals surface area contributed by atoms with Crippen molar-refractivity contribution in [3.05, 3.63) is 143 Å². The van der Waals surface area contributed by atoms with E-state index in [1.165, 1.54) is 22.8 Å². The molecular weight excluding hydrogens is 482 g/mol. The molecule has 1 aliphatic rings. The minimum absolute atomic E-state index is 0.0657. The molecule has 5 rings (SSSR count). The van der Waals surface area contributed by atoms with Gasteiger partial charge < -0.3 is 10.2 Å². The van der Waals surface area contributed by atoms with Crippen LogP contribution in [0.5, 0.6) is 0 Å². The van der Waals surface area contributed by atoms with E-state index in [4.69, 9.17) is 0 Å². The lowest BCUT2D eigenvalue weighted by Gasteiger charge is -2.40. The number of carbonyl (C=O) groups excluding carboxylic acids is 2. The largest absolute Gasteiger partial charge is 0.336 e. The average Bonchev–Trinajstić information content (AvgIpc) is 2.98. The number of piperazine rings is 1. The number of aryl methyl sites for hydroxylation is 1. The minimum atomic E-state index is -0.269. The normalized spacial score (nSPS) is 14.1. The summed E-state index contributed by atoms with van der Waals surface area (Å²) in [5.41, 5.74) is 5.63. The van der Waals surface area contributed by atoms with Gasteiger partial charge in [-0.1, -0.05) is 103 Å². The molecule has 0 radical (unpaired) electrons. The summed E-state index contributed by atoms with van der Waals surface area (Å²) in [5, 5.41) is 2.90. The van der Waals surface area contributed by atoms with Crippen LogP contribution in [0.1, 0.15) is 38.7 Å². The lowest BCUT2D eigenvalue weighted by atomic mass is 9.96. The Bertz CT molecular complexity index is 1390. The van der Waals surface area contributed by atoms with E-state index in [9.17, 15) is 9.59 Å². The third-order valence-electron chi connectivity index (χ3n) is 7.12. The number of hydrogen-bond acceptors (Lipinski definition) is 3. The number of para-hydroxylation sites is 1. The summed E-state index contributed by atoms with van der Waals surface area (Å²) in [6.45, 7) is 4.77. The molecule has 1 heterocycles. The summed E-state index contributed by atoms with van der Waals surface area (Å²) in [6.07, 6.45) is 3.27. The van der Waals surface area contributed by atoms with Crippen LogP contribution in [-0.4, -0.2) is 47.8 Å². The maximum Gasteiger partial charge on any atom is 0.256 e. The van der Waals surface area contributed by atoms with E-state index in [2.05, 4.69) is 58.7 Å². The summed E-state index contributed by atoms with van der Waals surface area (Å²) >= 11 is 0. The van der Waals surface area contributed by atoms with E-state index in [-0.39, 0.29) is 17.9 Å². The van der Waals surface area contributed by atoms with Gasteiger partial charge in [0.15, 0.2) is 0 Å². The number of rotatable bonds is 7. The first kappa shape index (κ1) is 26.1. The Balaban J connectivity index is 1.26. The van der Waals surface area contributed by atoms with Gasteiger partial charge in [-0.2, -0.15) is 0 Å². The lowest BCUT2D eigenvalue weighted by Crippen LogP contribution is -2.50. The maximum absolute atomic E-state index is 13.6. The maximum atomic E-state index is 13.6. The minimum Gasteiger partial charge on any atom is -0.336 e. The second kappa shape index (κ2) is 12.4. The fraction of sp³-hybridized carbons (Fsp3) is 0.176. The van der Waals surface area contributed by atoms with Crippen LogP contribution in [0.25, 0.3) is 6.08 Å². The van der Waals surface area contributed by atoms with Crippen LogP contribution in [-0.2, 0) is 4.79 Å². The quantitative estimate of drug-likeness (QED) is 0.299. The lowest BCUT2D eigenvalue weighted by molar-refractivity contribution is -0.111. The Morgan fingerprint density at radius 2 is 1.28 bits per heavy atom. The van der Waals surface area contributed by atoms with Crippen LogP contribution in [0.2, 0.25) is 0 Å². The first-order valence-electron chi connectivity index (χ1n) is 13.4. The predicted molar refractivity (Wildman–Crippen MR) is 157 cm³/mol. The molecule has 39 heavy (non-hydrogen) atoms. The van der Waals surface area contributed by atoms with E-state index in [0.29, 0.717) is 24.3 Å². The monoisotopic (exact) mass is 515 g/mol. The topological polar surface area (TPSA) is 52.7 Å². The predicted octanol–water partition coefficient (Wildman–Crippen LogP) is 6.19. The van der Waals surface area contributed by atoms with Crippen molar-refractivity contribution in [1.82, 2.24) is 9.80 Å². The van der Waals surface area contributed by atoms with Crippen molar-refractivity contribution in [2.75, 3.05) is 31.5 Å². The van der Waals surface area contributed by atoms with Gasteiger partial charge in [0.1, 0.15) is 0 Å². The molecule has 1 N–H and O–H groups in total. The molecule has 0 aliphatic carbocycles. The zero-order chi connectivity index (χ0) is 27.0. The standard InChI is InChI=1S/C34H33N3O2/c1-26-16-18-27(19-17-26)20-21-32(38)35-31-15-9-8-14-30(31)34(39)37-24-22-36(23-25-37)33(28-10-4-2-5-11-28)29-12-6-3-7-13-29/h2-21,33H,22-25H2,1H3,(H,35,38)/b21-20+. The van der Waals surface area contributed by atoms with Gasteiger partial charge in [0.25, 0.3) is 5.91 Å². The molecule has 0 spiro atoms. The van der Waals surface area contributed by atoms with E-state index in [1.54, 1.807) is 18.2 Å². The molecule has 196 valence electrons. The smallest absolute Gasteiger partial charge is 0.256 e. The molecule has 0 unspecified atom stereocenters. The number of nitrogens with one attached hydrogen (secondary N) is 1. The van der Waals surface area contributed by atoms with Gasteiger partial charge in [0.2, 0.25) is 5.91 Å². The van der Waals surface area contributed by atoms with Gasteiger partial charge in [-0.25, -0.2) is 0 Å². The van der Waals surface area contributed by atoms with Gasteiger partial charge in [0, 0.05) is 32.3 Å². The summed E-state index contributed by atoms with van der Waals surface area (Å²) in [4.78, 5) is 30.6. The van der Waals surface area contributed by atoms with Gasteiger partial charge in [-0.05, 0) is 41.8 Å². The molecule has 4 aromatic rings. The first-order valence-corrected chi connectivity index (χ1v) is 13.4. The molecule has 1 fully saturated rings. The number of nitrogens with zero attached hydrogens (tertiary/aromatic N) is 2. The van der Waals surface area contributed by atoms with E-state index in [1.807, 2.05) is 60.4 Å².